The molecule has 0 aliphatic rings. The minimum Gasteiger partial charge on any atom is -0.356 e. The minimum absolute atomic E-state index is 0.758. The van der Waals surface area contributed by atoms with Gasteiger partial charge in [0.2, 0.25) is 0 Å². The summed E-state index contributed by atoms with van der Waals surface area (Å²) < 4.78 is 1.96. The molecule has 0 bridgehead atoms. The Labute approximate surface area is 70.4 Å². The zero-order chi connectivity index (χ0) is 8.55. The number of hydrogen-bond acceptors (Lipinski definition) is 1. The quantitative estimate of drug-likeness (QED) is 0.583. The number of aldehydes is 1. The first-order valence-corrected chi connectivity index (χ1v) is 3.81. The van der Waals surface area contributed by atoms with Gasteiger partial charge in [0.05, 0.1) is 0 Å². The molecule has 0 saturated heterocycles. The molecule has 1 heterocycles. The summed E-state index contributed by atoms with van der Waals surface area (Å²) in [5.74, 6) is 0. The third-order valence-corrected chi connectivity index (χ3v) is 1.98. The third kappa shape index (κ3) is 0.925. The van der Waals surface area contributed by atoms with Gasteiger partial charge in [0.25, 0.3) is 0 Å². The van der Waals surface area contributed by atoms with Crippen molar-refractivity contribution in [1.82, 2.24) is 4.57 Å². The lowest BCUT2D eigenvalue weighted by atomic mass is 10.1. The Balaban J connectivity index is 2.86. The van der Waals surface area contributed by atoms with Crippen molar-refractivity contribution in [1.29, 1.82) is 0 Å². The molecule has 0 saturated carbocycles. The SMILES string of the molecule is Cn1cc2cccc(C=O)c2c1. The smallest absolute Gasteiger partial charge is 0.150 e. The zero-order valence-corrected chi connectivity index (χ0v) is 6.82. The second-order valence-corrected chi connectivity index (χ2v) is 2.89. The fourth-order valence-electron chi connectivity index (χ4n) is 1.43. The summed E-state index contributed by atoms with van der Waals surface area (Å²) in [4.78, 5) is 10.6. The highest BCUT2D eigenvalue weighted by atomic mass is 16.1. The normalized spacial score (nSPS) is 10.4. The maximum atomic E-state index is 10.6. The minimum atomic E-state index is 0.758. The fourth-order valence-corrected chi connectivity index (χ4v) is 1.43. The van der Waals surface area contributed by atoms with Crippen LogP contribution >= 0.6 is 0 Å². The average molecular weight is 159 g/mol. The number of rotatable bonds is 1. The summed E-state index contributed by atoms with van der Waals surface area (Å²) in [6.07, 6.45) is 4.85. The molecule has 12 heavy (non-hydrogen) atoms. The van der Waals surface area contributed by atoms with Crippen molar-refractivity contribution >= 4 is 17.1 Å². The summed E-state index contributed by atoms with van der Waals surface area (Å²) in [5, 5.41) is 2.14. The summed E-state index contributed by atoms with van der Waals surface area (Å²) in [6.45, 7) is 0. The number of nitrogens with zero attached hydrogens (tertiary/aromatic N) is 1. The van der Waals surface area contributed by atoms with Crippen molar-refractivity contribution in [3.63, 3.8) is 0 Å². The van der Waals surface area contributed by atoms with Crippen molar-refractivity contribution in [3.8, 4) is 0 Å². The Kier molecular flexibility index (Phi) is 1.47. The maximum absolute atomic E-state index is 10.6. The Hall–Kier alpha value is -1.57. The van der Waals surface area contributed by atoms with Gasteiger partial charge in [0.15, 0.2) is 6.29 Å². The van der Waals surface area contributed by atoms with E-state index in [1.54, 1.807) is 0 Å². The third-order valence-electron chi connectivity index (χ3n) is 1.98. The van der Waals surface area contributed by atoms with E-state index in [4.69, 9.17) is 0 Å². The van der Waals surface area contributed by atoms with Gasteiger partial charge in [-0.25, -0.2) is 0 Å². The number of hydrogen-bond donors (Lipinski definition) is 0. The molecule has 2 aromatic rings. The first-order valence-electron chi connectivity index (χ1n) is 3.81. The van der Waals surface area contributed by atoms with Crippen LogP contribution < -0.4 is 0 Å². The van der Waals surface area contributed by atoms with Crippen LogP contribution in [-0.4, -0.2) is 10.9 Å². The van der Waals surface area contributed by atoms with Crippen molar-refractivity contribution in [2.24, 2.45) is 7.05 Å². The number of aromatic nitrogens is 1. The fraction of sp³-hybridized carbons (Fsp3) is 0.100. The second-order valence-electron chi connectivity index (χ2n) is 2.89. The number of aryl methyl sites for hydroxylation is 1. The van der Waals surface area contributed by atoms with Gasteiger partial charge in [-0.15, -0.1) is 0 Å². The van der Waals surface area contributed by atoms with E-state index in [0.717, 1.165) is 22.6 Å². The van der Waals surface area contributed by atoms with Crippen molar-refractivity contribution in [3.05, 3.63) is 36.2 Å². The molecule has 1 aromatic carbocycles. The van der Waals surface area contributed by atoms with Gasteiger partial charge in [-0.1, -0.05) is 18.2 Å². The highest BCUT2D eigenvalue weighted by molar-refractivity contribution is 5.97. The lowest BCUT2D eigenvalue weighted by molar-refractivity contribution is 0.112. The van der Waals surface area contributed by atoms with E-state index in [2.05, 4.69) is 0 Å². The zero-order valence-electron chi connectivity index (χ0n) is 6.82. The largest absolute Gasteiger partial charge is 0.356 e. The van der Waals surface area contributed by atoms with E-state index in [0.29, 0.717) is 0 Å². The van der Waals surface area contributed by atoms with Crippen LogP contribution in [0.15, 0.2) is 30.6 Å². The van der Waals surface area contributed by atoms with E-state index in [1.165, 1.54) is 0 Å². The van der Waals surface area contributed by atoms with E-state index < -0.39 is 0 Å². The van der Waals surface area contributed by atoms with Gasteiger partial charge in [0.1, 0.15) is 0 Å². The van der Waals surface area contributed by atoms with Crippen LogP contribution in [0.1, 0.15) is 10.4 Å². The van der Waals surface area contributed by atoms with Crippen LogP contribution in [0.5, 0.6) is 0 Å². The van der Waals surface area contributed by atoms with E-state index in [-0.39, 0.29) is 0 Å². The number of carbonyl (C=O) groups is 1. The van der Waals surface area contributed by atoms with E-state index >= 15 is 0 Å². The maximum Gasteiger partial charge on any atom is 0.150 e. The lowest BCUT2D eigenvalue weighted by Gasteiger charge is -1.90. The molecule has 0 atom stereocenters. The van der Waals surface area contributed by atoms with Crippen LogP contribution in [-0.2, 0) is 7.05 Å². The molecule has 0 aliphatic carbocycles. The summed E-state index contributed by atoms with van der Waals surface area (Å²) in [6, 6.07) is 5.73. The standard InChI is InChI=1S/C10H9NO/c1-11-5-8-3-2-4-9(7-12)10(8)6-11/h2-7H,1H3. The van der Waals surface area contributed by atoms with Gasteiger partial charge in [-0.3, -0.25) is 4.79 Å². The molecule has 2 heteroatoms. The van der Waals surface area contributed by atoms with Gasteiger partial charge in [0, 0.05) is 35.8 Å². The molecule has 60 valence electrons. The van der Waals surface area contributed by atoms with Crippen molar-refractivity contribution in [2.45, 2.75) is 0 Å². The molecule has 0 fully saturated rings. The van der Waals surface area contributed by atoms with E-state index in [1.807, 2.05) is 42.2 Å². The Morgan fingerprint density at radius 2 is 2.17 bits per heavy atom. The van der Waals surface area contributed by atoms with Crippen molar-refractivity contribution < 1.29 is 4.79 Å². The number of benzene rings is 1. The average Bonchev–Trinajstić information content (AvgIpc) is 2.44. The van der Waals surface area contributed by atoms with Gasteiger partial charge < -0.3 is 4.57 Å². The predicted molar refractivity (Wildman–Crippen MR) is 48.3 cm³/mol. The second kappa shape index (κ2) is 2.48. The molecule has 1 aromatic heterocycles. The molecular formula is C10H9NO. The Morgan fingerprint density at radius 3 is 2.92 bits per heavy atom. The molecular weight excluding hydrogens is 150 g/mol. The van der Waals surface area contributed by atoms with Crippen LogP contribution in [0, 0.1) is 0 Å². The molecule has 0 N–H and O–H groups in total. The van der Waals surface area contributed by atoms with Crippen LogP contribution in [0.3, 0.4) is 0 Å². The summed E-state index contributed by atoms with van der Waals surface area (Å²) >= 11 is 0. The molecule has 0 amide bonds. The molecule has 2 nitrogen and oxygen atoms in total. The van der Waals surface area contributed by atoms with Gasteiger partial charge in [-0.2, -0.15) is 0 Å². The van der Waals surface area contributed by atoms with Gasteiger partial charge >= 0.3 is 0 Å². The van der Waals surface area contributed by atoms with Crippen LogP contribution in [0.2, 0.25) is 0 Å². The topological polar surface area (TPSA) is 22.0 Å². The van der Waals surface area contributed by atoms with E-state index in [9.17, 15) is 4.79 Å². The Bertz CT molecular complexity index is 428. The first kappa shape index (κ1) is 7.10. The summed E-state index contributed by atoms with van der Waals surface area (Å²) in [7, 11) is 1.95. The molecule has 2 rings (SSSR count). The lowest BCUT2D eigenvalue weighted by Crippen LogP contribution is -1.79. The highest BCUT2D eigenvalue weighted by Crippen LogP contribution is 2.17. The first-order chi connectivity index (χ1) is 5.81. The predicted octanol–water partition coefficient (Wildman–Crippen LogP) is 1.99. The molecule has 0 aliphatic heterocycles. The number of carbonyl (C=O) groups excluding carboxylic acids is 1. The number of fused-ring (bicyclic) bond motifs is 1. The summed E-state index contributed by atoms with van der Waals surface area (Å²) in [5.41, 5.74) is 0.758. The monoisotopic (exact) mass is 159 g/mol. The van der Waals surface area contributed by atoms with Crippen molar-refractivity contribution in [2.75, 3.05) is 0 Å². The molecule has 0 spiro atoms. The van der Waals surface area contributed by atoms with Crippen LogP contribution in [0.4, 0.5) is 0 Å². The Morgan fingerprint density at radius 1 is 1.33 bits per heavy atom. The van der Waals surface area contributed by atoms with Gasteiger partial charge in [-0.05, 0) is 0 Å². The molecule has 0 unspecified atom stereocenters. The van der Waals surface area contributed by atoms with Crippen LogP contribution in [0.25, 0.3) is 10.8 Å². The highest BCUT2D eigenvalue weighted by Gasteiger charge is 2.00. The molecule has 0 radical (unpaired) electrons.